The average molecular weight is 242 g/mol. The number of carbonyl (C=O) groups excluding carboxylic acids is 1. The largest absolute Gasteiger partial charge is 0.381 e. The van der Waals surface area contributed by atoms with Gasteiger partial charge in [0, 0.05) is 19.8 Å². The van der Waals surface area contributed by atoms with Crippen LogP contribution in [0, 0.1) is 11.8 Å². The summed E-state index contributed by atoms with van der Waals surface area (Å²) in [6.45, 7) is 8.22. The normalized spacial score (nSPS) is 17.4. The lowest BCUT2D eigenvalue weighted by atomic mass is 10.0. The van der Waals surface area contributed by atoms with Crippen molar-refractivity contribution in [3.8, 4) is 0 Å². The Morgan fingerprint density at radius 2 is 2.06 bits per heavy atom. The summed E-state index contributed by atoms with van der Waals surface area (Å²) in [4.78, 5) is 11.5. The minimum atomic E-state index is 0.109. The van der Waals surface area contributed by atoms with E-state index in [-0.39, 0.29) is 5.91 Å². The van der Waals surface area contributed by atoms with E-state index in [4.69, 9.17) is 4.74 Å². The molecule has 1 fully saturated rings. The molecule has 4 nitrogen and oxygen atoms in total. The van der Waals surface area contributed by atoms with Crippen LogP contribution in [0.25, 0.3) is 0 Å². The maximum Gasteiger partial charge on any atom is 0.233 e. The Morgan fingerprint density at radius 1 is 1.35 bits per heavy atom. The van der Waals surface area contributed by atoms with Crippen molar-refractivity contribution in [1.82, 2.24) is 10.6 Å². The molecule has 0 spiro atoms. The molecular weight excluding hydrogens is 216 g/mol. The van der Waals surface area contributed by atoms with Gasteiger partial charge in [-0.2, -0.15) is 0 Å². The summed E-state index contributed by atoms with van der Waals surface area (Å²) in [5.74, 6) is 1.43. The third-order valence-corrected chi connectivity index (χ3v) is 3.10. The summed E-state index contributed by atoms with van der Waals surface area (Å²) in [6.07, 6.45) is 3.27. The van der Waals surface area contributed by atoms with Gasteiger partial charge in [0.15, 0.2) is 0 Å². The van der Waals surface area contributed by atoms with Crippen molar-refractivity contribution in [3.63, 3.8) is 0 Å². The second-order valence-corrected chi connectivity index (χ2v) is 5.22. The Morgan fingerprint density at radius 3 is 2.71 bits per heavy atom. The molecule has 0 aromatic rings. The van der Waals surface area contributed by atoms with Gasteiger partial charge in [0.05, 0.1) is 6.54 Å². The first-order valence-corrected chi connectivity index (χ1v) is 6.73. The van der Waals surface area contributed by atoms with Crippen molar-refractivity contribution >= 4 is 5.91 Å². The Balaban J connectivity index is 1.95. The fraction of sp³-hybridized carbons (Fsp3) is 0.923. The number of nitrogens with one attached hydrogen (secondary N) is 2. The molecule has 1 rings (SSSR count). The first-order chi connectivity index (χ1) is 8.18. The first-order valence-electron chi connectivity index (χ1n) is 6.73. The maximum atomic E-state index is 11.5. The highest BCUT2D eigenvalue weighted by Gasteiger charge is 2.13. The zero-order valence-electron chi connectivity index (χ0n) is 11.1. The van der Waals surface area contributed by atoms with Gasteiger partial charge in [-0.1, -0.05) is 13.8 Å². The van der Waals surface area contributed by atoms with Crippen LogP contribution in [0.5, 0.6) is 0 Å². The second-order valence-electron chi connectivity index (χ2n) is 5.22. The zero-order chi connectivity index (χ0) is 12.5. The van der Waals surface area contributed by atoms with Crippen molar-refractivity contribution in [1.29, 1.82) is 0 Å². The lowest BCUT2D eigenvalue weighted by Crippen LogP contribution is -2.37. The van der Waals surface area contributed by atoms with E-state index in [0.717, 1.165) is 45.6 Å². The van der Waals surface area contributed by atoms with Crippen molar-refractivity contribution in [2.24, 2.45) is 11.8 Å². The molecule has 100 valence electrons. The lowest BCUT2D eigenvalue weighted by molar-refractivity contribution is -0.120. The molecule has 0 aliphatic carbocycles. The monoisotopic (exact) mass is 242 g/mol. The number of amides is 1. The molecule has 1 heterocycles. The van der Waals surface area contributed by atoms with Crippen LogP contribution in [-0.2, 0) is 9.53 Å². The van der Waals surface area contributed by atoms with Crippen LogP contribution in [-0.4, -0.2) is 38.8 Å². The molecule has 1 saturated heterocycles. The minimum absolute atomic E-state index is 0.109. The summed E-state index contributed by atoms with van der Waals surface area (Å²) < 4.78 is 5.30. The predicted molar refractivity (Wildman–Crippen MR) is 68.9 cm³/mol. The summed E-state index contributed by atoms with van der Waals surface area (Å²) in [6, 6.07) is 0. The molecule has 0 radical (unpaired) electrons. The van der Waals surface area contributed by atoms with Gasteiger partial charge in [0.2, 0.25) is 5.91 Å². The van der Waals surface area contributed by atoms with Crippen molar-refractivity contribution in [2.45, 2.75) is 33.1 Å². The van der Waals surface area contributed by atoms with Crippen molar-refractivity contribution in [3.05, 3.63) is 0 Å². The lowest BCUT2D eigenvalue weighted by Gasteiger charge is -2.22. The fourth-order valence-corrected chi connectivity index (χ4v) is 1.90. The summed E-state index contributed by atoms with van der Waals surface area (Å²) in [5.41, 5.74) is 0. The molecule has 1 aliphatic heterocycles. The summed E-state index contributed by atoms with van der Waals surface area (Å²) >= 11 is 0. The molecule has 0 saturated carbocycles. The van der Waals surface area contributed by atoms with E-state index in [0.29, 0.717) is 18.4 Å². The molecule has 17 heavy (non-hydrogen) atoms. The highest BCUT2D eigenvalue weighted by Crippen LogP contribution is 2.12. The predicted octanol–water partition coefficient (Wildman–Crippen LogP) is 1.16. The van der Waals surface area contributed by atoms with E-state index < -0.39 is 0 Å². The van der Waals surface area contributed by atoms with Crippen LogP contribution in [0.3, 0.4) is 0 Å². The van der Waals surface area contributed by atoms with Gasteiger partial charge in [0.1, 0.15) is 0 Å². The highest BCUT2D eigenvalue weighted by atomic mass is 16.5. The molecule has 0 aromatic carbocycles. The van der Waals surface area contributed by atoms with Crippen LogP contribution in [0.4, 0.5) is 0 Å². The van der Waals surface area contributed by atoms with E-state index in [1.807, 2.05) is 0 Å². The SMILES string of the molecule is CC(C)CCNC(=O)CNCC1CCOCC1. The maximum absolute atomic E-state index is 11.5. The third kappa shape index (κ3) is 7.34. The van der Waals surface area contributed by atoms with E-state index in [9.17, 15) is 4.79 Å². The van der Waals surface area contributed by atoms with E-state index in [1.165, 1.54) is 0 Å². The smallest absolute Gasteiger partial charge is 0.233 e. The Kier molecular flexibility index (Phi) is 7.21. The summed E-state index contributed by atoms with van der Waals surface area (Å²) in [7, 11) is 0. The molecule has 0 bridgehead atoms. The minimum Gasteiger partial charge on any atom is -0.381 e. The topological polar surface area (TPSA) is 50.4 Å². The van der Waals surface area contributed by atoms with Gasteiger partial charge in [-0.3, -0.25) is 4.79 Å². The molecule has 0 aromatic heterocycles. The molecule has 1 amide bonds. The molecular formula is C13H26N2O2. The van der Waals surface area contributed by atoms with Crippen LogP contribution < -0.4 is 10.6 Å². The molecule has 0 atom stereocenters. The third-order valence-electron chi connectivity index (χ3n) is 3.10. The molecule has 4 heteroatoms. The zero-order valence-corrected chi connectivity index (χ0v) is 11.1. The Hall–Kier alpha value is -0.610. The Labute approximate surface area is 104 Å². The average Bonchev–Trinajstić information content (AvgIpc) is 2.30. The number of hydrogen-bond donors (Lipinski definition) is 2. The highest BCUT2D eigenvalue weighted by molar-refractivity contribution is 5.77. The molecule has 1 aliphatic rings. The van der Waals surface area contributed by atoms with E-state index in [2.05, 4.69) is 24.5 Å². The van der Waals surface area contributed by atoms with Crippen LogP contribution in [0.15, 0.2) is 0 Å². The number of ether oxygens (including phenoxy) is 1. The standard InChI is InChI=1S/C13H26N2O2/c1-11(2)3-6-15-13(16)10-14-9-12-4-7-17-8-5-12/h11-12,14H,3-10H2,1-2H3,(H,15,16). The van der Waals surface area contributed by atoms with Crippen LogP contribution >= 0.6 is 0 Å². The van der Waals surface area contributed by atoms with E-state index in [1.54, 1.807) is 0 Å². The summed E-state index contributed by atoms with van der Waals surface area (Å²) in [5, 5.41) is 6.15. The van der Waals surface area contributed by atoms with Gasteiger partial charge in [-0.05, 0) is 37.6 Å². The van der Waals surface area contributed by atoms with Crippen LogP contribution in [0.2, 0.25) is 0 Å². The van der Waals surface area contributed by atoms with Gasteiger partial charge in [-0.25, -0.2) is 0 Å². The second kappa shape index (κ2) is 8.48. The van der Waals surface area contributed by atoms with Gasteiger partial charge in [0.25, 0.3) is 0 Å². The van der Waals surface area contributed by atoms with E-state index >= 15 is 0 Å². The fourth-order valence-electron chi connectivity index (χ4n) is 1.90. The first kappa shape index (κ1) is 14.5. The van der Waals surface area contributed by atoms with Gasteiger partial charge < -0.3 is 15.4 Å². The van der Waals surface area contributed by atoms with Crippen molar-refractivity contribution in [2.75, 3.05) is 32.8 Å². The number of carbonyl (C=O) groups is 1. The Bertz CT molecular complexity index is 213. The van der Waals surface area contributed by atoms with Gasteiger partial charge >= 0.3 is 0 Å². The van der Waals surface area contributed by atoms with Crippen molar-refractivity contribution < 1.29 is 9.53 Å². The quantitative estimate of drug-likeness (QED) is 0.704. The molecule has 2 N–H and O–H groups in total. The number of rotatable bonds is 7. The van der Waals surface area contributed by atoms with Gasteiger partial charge in [-0.15, -0.1) is 0 Å². The number of hydrogen-bond acceptors (Lipinski definition) is 3. The van der Waals surface area contributed by atoms with Crippen LogP contribution in [0.1, 0.15) is 33.1 Å². The molecule has 0 unspecified atom stereocenters.